The van der Waals surface area contributed by atoms with Gasteiger partial charge in [-0.25, -0.2) is 9.78 Å². The number of hydrogen-bond acceptors (Lipinski definition) is 4. The fourth-order valence-corrected chi connectivity index (χ4v) is 1.61. The van der Waals surface area contributed by atoms with Gasteiger partial charge in [0.25, 0.3) is 0 Å². The third-order valence-corrected chi connectivity index (χ3v) is 2.90. The highest BCUT2D eigenvalue weighted by molar-refractivity contribution is 5.71. The first-order valence-corrected chi connectivity index (χ1v) is 6.61. The largest absolute Gasteiger partial charge is 0.479 e. The molecule has 0 aliphatic rings. The van der Waals surface area contributed by atoms with Gasteiger partial charge < -0.3 is 14.6 Å². The highest BCUT2D eigenvalue weighted by Gasteiger charge is 2.10. The molecule has 21 heavy (non-hydrogen) atoms. The molecule has 1 aromatic carbocycles. The van der Waals surface area contributed by atoms with Crippen molar-refractivity contribution in [3.8, 4) is 5.88 Å². The maximum Gasteiger partial charge on any atom is 0.332 e. The summed E-state index contributed by atoms with van der Waals surface area (Å²) in [5, 5.41) is 8.73. The van der Waals surface area contributed by atoms with Crippen LogP contribution in [0.3, 0.4) is 0 Å². The molecule has 1 N–H and O–H groups in total. The van der Waals surface area contributed by atoms with Crippen LogP contribution in [0.4, 0.5) is 0 Å². The minimum absolute atomic E-state index is 0.273. The van der Waals surface area contributed by atoms with E-state index in [4.69, 9.17) is 14.6 Å². The van der Waals surface area contributed by atoms with Crippen molar-refractivity contribution in [2.24, 2.45) is 0 Å². The smallest absolute Gasteiger partial charge is 0.332 e. The van der Waals surface area contributed by atoms with E-state index in [1.54, 1.807) is 12.3 Å². The van der Waals surface area contributed by atoms with Crippen LogP contribution in [-0.4, -0.2) is 22.2 Å². The lowest BCUT2D eigenvalue weighted by Crippen LogP contribution is -2.19. The Balaban J connectivity index is 1.83. The van der Waals surface area contributed by atoms with Crippen LogP contribution in [0, 0.1) is 0 Å². The van der Waals surface area contributed by atoms with Gasteiger partial charge in [0.1, 0.15) is 6.61 Å². The first kappa shape index (κ1) is 15.0. The summed E-state index contributed by atoms with van der Waals surface area (Å²) in [6.45, 7) is 2.22. The normalized spacial score (nSPS) is 11.9. The van der Waals surface area contributed by atoms with Crippen molar-refractivity contribution in [3.05, 3.63) is 59.8 Å². The van der Waals surface area contributed by atoms with Crippen LogP contribution in [0.25, 0.3) is 0 Å². The summed E-state index contributed by atoms with van der Waals surface area (Å²) in [6, 6.07) is 13.1. The molecule has 0 saturated carbocycles. The first-order chi connectivity index (χ1) is 10.1. The van der Waals surface area contributed by atoms with Crippen molar-refractivity contribution in [2.45, 2.75) is 26.2 Å². The summed E-state index contributed by atoms with van der Waals surface area (Å²) in [7, 11) is 0. The van der Waals surface area contributed by atoms with Gasteiger partial charge in [0.2, 0.25) is 5.88 Å². The zero-order valence-electron chi connectivity index (χ0n) is 11.7. The van der Waals surface area contributed by atoms with Crippen LogP contribution in [-0.2, 0) is 22.7 Å². The van der Waals surface area contributed by atoms with Crippen molar-refractivity contribution in [1.29, 1.82) is 0 Å². The van der Waals surface area contributed by atoms with E-state index >= 15 is 0 Å². The Morgan fingerprint density at radius 1 is 1.14 bits per heavy atom. The Morgan fingerprint density at radius 3 is 2.38 bits per heavy atom. The minimum atomic E-state index is -0.963. The van der Waals surface area contributed by atoms with E-state index in [1.165, 1.54) is 6.92 Å². The highest BCUT2D eigenvalue weighted by Crippen LogP contribution is 2.11. The molecule has 5 nitrogen and oxygen atoms in total. The Bertz CT molecular complexity index is 569. The molecule has 0 saturated heterocycles. The van der Waals surface area contributed by atoms with E-state index in [2.05, 4.69) is 4.98 Å². The van der Waals surface area contributed by atoms with Crippen LogP contribution < -0.4 is 4.74 Å². The minimum Gasteiger partial charge on any atom is -0.479 e. The summed E-state index contributed by atoms with van der Waals surface area (Å²) in [6.07, 6.45) is 0.872. The molecule has 1 atom stereocenters. The summed E-state index contributed by atoms with van der Waals surface area (Å²) >= 11 is 0. The highest BCUT2D eigenvalue weighted by atomic mass is 16.5. The number of nitrogens with zero attached hydrogens (tertiary/aromatic N) is 1. The zero-order valence-corrected chi connectivity index (χ0v) is 11.7. The van der Waals surface area contributed by atoms with E-state index in [1.807, 2.05) is 36.4 Å². The molecule has 2 rings (SSSR count). The molecule has 110 valence electrons. The Morgan fingerprint density at radius 2 is 1.81 bits per heavy atom. The Labute approximate surface area is 123 Å². The zero-order chi connectivity index (χ0) is 15.1. The summed E-state index contributed by atoms with van der Waals surface area (Å²) < 4.78 is 10.8. The molecular weight excluding hydrogens is 270 g/mol. The topological polar surface area (TPSA) is 68.7 Å². The second-order valence-corrected chi connectivity index (χ2v) is 4.56. The molecule has 1 aromatic heterocycles. The SMILES string of the molecule is CC(OCc1ccc(COc2ccccn2)cc1)C(=O)O. The summed E-state index contributed by atoms with van der Waals surface area (Å²) in [5.41, 5.74) is 1.93. The number of carboxylic acids is 1. The molecule has 0 radical (unpaired) electrons. The van der Waals surface area contributed by atoms with Crippen molar-refractivity contribution in [3.63, 3.8) is 0 Å². The van der Waals surface area contributed by atoms with Gasteiger partial charge >= 0.3 is 5.97 Å². The van der Waals surface area contributed by atoms with E-state index in [9.17, 15) is 4.79 Å². The summed E-state index contributed by atoms with van der Waals surface area (Å²) in [4.78, 5) is 14.7. The number of carboxylic acid groups (broad SMARTS) is 1. The standard InChI is InChI=1S/C16H17NO4/c1-12(16(18)19)20-10-13-5-7-14(8-6-13)11-21-15-4-2-3-9-17-15/h2-9,12H,10-11H2,1H3,(H,18,19). The number of aliphatic carboxylic acids is 1. The number of ether oxygens (including phenoxy) is 2. The number of benzene rings is 1. The van der Waals surface area contributed by atoms with Crippen molar-refractivity contribution in [2.75, 3.05) is 0 Å². The van der Waals surface area contributed by atoms with Crippen molar-refractivity contribution >= 4 is 5.97 Å². The van der Waals surface area contributed by atoms with Gasteiger partial charge in [-0.05, 0) is 24.1 Å². The lowest BCUT2D eigenvalue weighted by molar-refractivity contribution is -0.149. The van der Waals surface area contributed by atoms with Gasteiger partial charge in [-0.15, -0.1) is 0 Å². The molecule has 0 aliphatic carbocycles. The molecule has 1 heterocycles. The molecule has 0 bridgehead atoms. The van der Waals surface area contributed by atoms with Gasteiger partial charge in [0, 0.05) is 12.3 Å². The maximum absolute atomic E-state index is 10.6. The average molecular weight is 287 g/mol. The molecule has 0 amide bonds. The van der Waals surface area contributed by atoms with Crippen LogP contribution in [0.1, 0.15) is 18.1 Å². The molecule has 0 aliphatic heterocycles. The van der Waals surface area contributed by atoms with E-state index in [0.717, 1.165) is 11.1 Å². The fraction of sp³-hybridized carbons (Fsp3) is 0.250. The van der Waals surface area contributed by atoms with Gasteiger partial charge in [-0.2, -0.15) is 0 Å². The number of hydrogen-bond donors (Lipinski definition) is 1. The molecule has 0 spiro atoms. The first-order valence-electron chi connectivity index (χ1n) is 6.61. The molecule has 1 unspecified atom stereocenters. The van der Waals surface area contributed by atoms with Gasteiger partial charge in [-0.1, -0.05) is 30.3 Å². The van der Waals surface area contributed by atoms with Crippen LogP contribution in [0.15, 0.2) is 48.7 Å². The average Bonchev–Trinajstić information content (AvgIpc) is 2.52. The van der Waals surface area contributed by atoms with Gasteiger partial charge in [-0.3, -0.25) is 0 Å². The summed E-state index contributed by atoms with van der Waals surface area (Å²) in [5.74, 6) is -0.379. The second-order valence-electron chi connectivity index (χ2n) is 4.56. The Hall–Kier alpha value is -2.40. The number of rotatable bonds is 7. The lowest BCUT2D eigenvalue weighted by Gasteiger charge is -2.09. The van der Waals surface area contributed by atoms with Gasteiger partial charge in [0.15, 0.2) is 6.10 Å². The number of pyridine rings is 1. The monoisotopic (exact) mass is 287 g/mol. The van der Waals surface area contributed by atoms with Crippen molar-refractivity contribution < 1.29 is 19.4 Å². The van der Waals surface area contributed by atoms with E-state index in [0.29, 0.717) is 12.5 Å². The molecule has 5 heteroatoms. The predicted molar refractivity (Wildman–Crippen MR) is 76.9 cm³/mol. The third-order valence-electron chi connectivity index (χ3n) is 2.90. The van der Waals surface area contributed by atoms with Crippen LogP contribution >= 0.6 is 0 Å². The number of carbonyl (C=O) groups is 1. The van der Waals surface area contributed by atoms with E-state index in [-0.39, 0.29) is 6.61 Å². The molecular formula is C16H17NO4. The van der Waals surface area contributed by atoms with Crippen LogP contribution in [0.5, 0.6) is 5.88 Å². The molecule has 2 aromatic rings. The molecule has 0 fully saturated rings. The van der Waals surface area contributed by atoms with Gasteiger partial charge in [0.05, 0.1) is 6.61 Å². The number of aromatic nitrogens is 1. The van der Waals surface area contributed by atoms with Crippen molar-refractivity contribution in [1.82, 2.24) is 4.98 Å². The second kappa shape index (κ2) is 7.40. The predicted octanol–water partition coefficient (Wildman–Crippen LogP) is 2.65. The maximum atomic E-state index is 10.6. The lowest BCUT2D eigenvalue weighted by atomic mass is 10.1. The fourth-order valence-electron chi connectivity index (χ4n) is 1.61. The third kappa shape index (κ3) is 4.89. The van der Waals surface area contributed by atoms with Crippen LogP contribution in [0.2, 0.25) is 0 Å². The Kier molecular flexibility index (Phi) is 5.29. The van der Waals surface area contributed by atoms with E-state index < -0.39 is 12.1 Å². The quantitative estimate of drug-likeness (QED) is 0.848.